The standard InChI is InChI=1S/C6H13NO2S/c1-5-2-3-6(7)4-10(5,8)9/h5-6H,2-4,7H2,1H3/t5-,6-/m1/s1. The van der Waals surface area contributed by atoms with Gasteiger partial charge in [-0.15, -0.1) is 0 Å². The molecule has 0 radical (unpaired) electrons. The summed E-state index contributed by atoms with van der Waals surface area (Å²) >= 11 is 0. The van der Waals surface area contributed by atoms with Crippen LogP contribution in [0.3, 0.4) is 0 Å². The van der Waals surface area contributed by atoms with E-state index in [-0.39, 0.29) is 17.0 Å². The van der Waals surface area contributed by atoms with E-state index in [0.717, 1.165) is 12.8 Å². The summed E-state index contributed by atoms with van der Waals surface area (Å²) in [5.74, 6) is 0.175. The third-order valence-electron chi connectivity index (χ3n) is 2.00. The van der Waals surface area contributed by atoms with E-state index in [4.69, 9.17) is 5.73 Å². The Balaban J connectivity index is 2.74. The average Bonchev–Trinajstić information content (AvgIpc) is 1.78. The van der Waals surface area contributed by atoms with E-state index >= 15 is 0 Å². The molecule has 2 N–H and O–H groups in total. The van der Waals surface area contributed by atoms with Gasteiger partial charge in [-0.05, 0) is 19.8 Å². The van der Waals surface area contributed by atoms with Gasteiger partial charge >= 0.3 is 0 Å². The van der Waals surface area contributed by atoms with Crippen LogP contribution >= 0.6 is 0 Å². The van der Waals surface area contributed by atoms with Crippen molar-refractivity contribution in [2.45, 2.75) is 31.1 Å². The summed E-state index contributed by atoms with van der Waals surface area (Å²) < 4.78 is 22.2. The van der Waals surface area contributed by atoms with Gasteiger partial charge in [-0.3, -0.25) is 0 Å². The highest BCUT2D eigenvalue weighted by Gasteiger charge is 2.28. The van der Waals surface area contributed by atoms with E-state index in [2.05, 4.69) is 0 Å². The summed E-state index contributed by atoms with van der Waals surface area (Å²) in [5, 5.41) is -0.174. The number of nitrogens with two attached hydrogens (primary N) is 1. The molecular weight excluding hydrogens is 150 g/mol. The SMILES string of the molecule is C[C@@H]1CC[C@@H](N)CS1(=O)=O. The first kappa shape index (κ1) is 8.01. The number of sulfone groups is 1. The van der Waals surface area contributed by atoms with Crippen LogP contribution in [0.25, 0.3) is 0 Å². The average molecular weight is 163 g/mol. The Hall–Kier alpha value is -0.0900. The molecule has 0 amide bonds. The maximum absolute atomic E-state index is 11.1. The predicted octanol–water partition coefficient (Wildman–Crippen LogP) is -0.0892. The van der Waals surface area contributed by atoms with Gasteiger partial charge in [0.25, 0.3) is 0 Å². The van der Waals surface area contributed by atoms with Crippen LogP contribution in [0.4, 0.5) is 0 Å². The topological polar surface area (TPSA) is 60.2 Å². The zero-order valence-electron chi connectivity index (χ0n) is 6.08. The molecule has 0 aliphatic carbocycles. The Labute approximate surface area is 61.5 Å². The van der Waals surface area contributed by atoms with Gasteiger partial charge in [0.05, 0.1) is 11.0 Å². The molecule has 0 aromatic heterocycles. The van der Waals surface area contributed by atoms with Crippen molar-refractivity contribution >= 4 is 9.84 Å². The minimum atomic E-state index is -2.84. The van der Waals surface area contributed by atoms with Crippen LogP contribution in [-0.2, 0) is 9.84 Å². The molecule has 0 bridgehead atoms. The Kier molecular flexibility index (Phi) is 2.01. The molecule has 60 valence electrons. The molecule has 0 unspecified atom stereocenters. The fourth-order valence-electron chi connectivity index (χ4n) is 1.17. The molecule has 1 fully saturated rings. The summed E-state index contributed by atoms with van der Waals surface area (Å²) in [4.78, 5) is 0. The molecule has 3 nitrogen and oxygen atoms in total. The Morgan fingerprint density at radius 3 is 2.40 bits per heavy atom. The van der Waals surface area contributed by atoms with Gasteiger partial charge in [0.2, 0.25) is 0 Å². The third-order valence-corrected chi connectivity index (χ3v) is 4.36. The minimum absolute atomic E-state index is 0.124. The lowest BCUT2D eigenvalue weighted by molar-refractivity contribution is 0.522. The number of hydrogen-bond acceptors (Lipinski definition) is 3. The first-order valence-corrected chi connectivity index (χ1v) is 5.21. The van der Waals surface area contributed by atoms with Crippen LogP contribution < -0.4 is 5.73 Å². The molecule has 10 heavy (non-hydrogen) atoms. The fraction of sp³-hybridized carbons (Fsp3) is 1.00. The summed E-state index contributed by atoms with van der Waals surface area (Å²) in [7, 11) is -2.84. The van der Waals surface area contributed by atoms with Crippen molar-refractivity contribution in [1.82, 2.24) is 0 Å². The number of hydrogen-bond donors (Lipinski definition) is 1. The van der Waals surface area contributed by atoms with Gasteiger partial charge in [-0.1, -0.05) is 0 Å². The molecule has 1 heterocycles. The smallest absolute Gasteiger partial charge is 0.154 e. The van der Waals surface area contributed by atoms with E-state index in [9.17, 15) is 8.42 Å². The van der Waals surface area contributed by atoms with E-state index in [0.29, 0.717) is 0 Å². The molecular formula is C6H13NO2S. The van der Waals surface area contributed by atoms with E-state index in [1.807, 2.05) is 0 Å². The largest absolute Gasteiger partial charge is 0.327 e. The molecule has 1 saturated heterocycles. The van der Waals surface area contributed by atoms with Crippen LogP contribution in [0.1, 0.15) is 19.8 Å². The lowest BCUT2D eigenvalue weighted by Gasteiger charge is -2.23. The van der Waals surface area contributed by atoms with Gasteiger partial charge in [-0.2, -0.15) is 0 Å². The lowest BCUT2D eigenvalue weighted by atomic mass is 10.1. The highest BCUT2D eigenvalue weighted by molar-refractivity contribution is 7.92. The van der Waals surface area contributed by atoms with Crippen LogP contribution in [0.5, 0.6) is 0 Å². The maximum atomic E-state index is 11.1. The summed E-state index contributed by atoms with van der Waals surface area (Å²) in [6.45, 7) is 1.75. The minimum Gasteiger partial charge on any atom is -0.327 e. The molecule has 1 aliphatic rings. The van der Waals surface area contributed by atoms with E-state index in [1.165, 1.54) is 0 Å². The Morgan fingerprint density at radius 2 is 2.00 bits per heavy atom. The number of rotatable bonds is 0. The van der Waals surface area contributed by atoms with Crippen molar-refractivity contribution in [2.24, 2.45) is 5.73 Å². The fourth-order valence-corrected chi connectivity index (χ4v) is 2.76. The van der Waals surface area contributed by atoms with Gasteiger partial charge in [-0.25, -0.2) is 8.42 Å². The quantitative estimate of drug-likeness (QED) is 0.543. The van der Waals surface area contributed by atoms with Crippen LogP contribution in [0.2, 0.25) is 0 Å². The van der Waals surface area contributed by atoms with E-state index < -0.39 is 9.84 Å². The molecule has 1 aliphatic heterocycles. The van der Waals surface area contributed by atoms with Crippen molar-refractivity contribution in [2.75, 3.05) is 5.75 Å². The second-order valence-electron chi connectivity index (χ2n) is 2.98. The van der Waals surface area contributed by atoms with Crippen molar-refractivity contribution in [3.63, 3.8) is 0 Å². The second-order valence-corrected chi connectivity index (χ2v) is 5.44. The summed E-state index contributed by atoms with van der Waals surface area (Å²) in [6.07, 6.45) is 1.57. The van der Waals surface area contributed by atoms with Crippen molar-refractivity contribution < 1.29 is 8.42 Å². The highest BCUT2D eigenvalue weighted by Crippen LogP contribution is 2.17. The second kappa shape index (κ2) is 2.51. The van der Waals surface area contributed by atoms with Gasteiger partial charge < -0.3 is 5.73 Å². The highest BCUT2D eigenvalue weighted by atomic mass is 32.2. The molecule has 2 atom stereocenters. The third kappa shape index (κ3) is 1.49. The molecule has 0 saturated carbocycles. The molecule has 0 aromatic carbocycles. The normalized spacial score (nSPS) is 39.4. The van der Waals surface area contributed by atoms with Gasteiger partial charge in [0.1, 0.15) is 0 Å². The van der Waals surface area contributed by atoms with Gasteiger partial charge in [0.15, 0.2) is 9.84 Å². The van der Waals surface area contributed by atoms with E-state index in [1.54, 1.807) is 6.92 Å². The maximum Gasteiger partial charge on any atom is 0.154 e. The first-order valence-electron chi connectivity index (χ1n) is 3.49. The molecule has 1 rings (SSSR count). The van der Waals surface area contributed by atoms with Crippen molar-refractivity contribution in [1.29, 1.82) is 0 Å². The molecule has 4 heteroatoms. The molecule has 0 aromatic rings. The Bertz CT molecular complexity index is 210. The summed E-state index contributed by atoms with van der Waals surface area (Å²) in [5.41, 5.74) is 5.49. The van der Waals surface area contributed by atoms with Crippen LogP contribution in [0, 0.1) is 0 Å². The Morgan fingerprint density at radius 1 is 1.40 bits per heavy atom. The lowest BCUT2D eigenvalue weighted by Crippen LogP contribution is -2.39. The van der Waals surface area contributed by atoms with Crippen LogP contribution in [0.15, 0.2) is 0 Å². The van der Waals surface area contributed by atoms with Crippen LogP contribution in [-0.4, -0.2) is 25.5 Å². The van der Waals surface area contributed by atoms with Crippen molar-refractivity contribution in [3.8, 4) is 0 Å². The van der Waals surface area contributed by atoms with Gasteiger partial charge in [0, 0.05) is 6.04 Å². The zero-order chi connectivity index (χ0) is 7.78. The predicted molar refractivity (Wildman–Crippen MR) is 40.5 cm³/mol. The monoisotopic (exact) mass is 163 g/mol. The zero-order valence-corrected chi connectivity index (χ0v) is 6.89. The summed E-state index contributed by atoms with van der Waals surface area (Å²) in [6, 6.07) is -0.124. The first-order chi connectivity index (χ1) is 4.52. The molecule has 0 spiro atoms. The van der Waals surface area contributed by atoms with Crippen molar-refractivity contribution in [3.05, 3.63) is 0 Å².